The summed E-state index contributed by atoms with van der Waals surface area (Å²) < 4.78 is 0. The molecule has 0 aliphatic heterocycles. The van der Waals surface area contributed by atoms with E-state index < -0.39 is 0 Å². The number of aromatic nitrogens is 1. The van der Waals surface area contributed by atoms with E-state index in [9.17, 15) is 0 Å². The topological polar surface area (TPSA) is 49.1 Å². The molecule has 3 heteroatoms. The molecule has 1 unspecified atom stereocenters. The third kappa shape index (κ3) is 7.72. The Hall–Kier alpha value is -6.71. The van der Waals surface area contributed by atoms with Crippen LogP contribution >= 0.6 is 0 Å². The molecule has 0 spiro atoms. The first-order valence-electron chi connectivity index (χ1n) is 18.7. The molecule has 3 nitrogen and oxygen atoms in total. The largest absolute Gasteiger partial charge is 0.282 e. The molecule has 54 heavy (non-hydrogen) atoms. The predicted octanol–water partition coefficient (Wildman–Crippen LogP) is 13.0. The summed E-state index contributed by atoms with van der Waals surface area (Å²) in [5.41, 5.74) is 12.9. The zero-order valence-corrected chi connectivity index (χ0v) is 30.4. The first kappa shape index (κ1) is 34.4. The van der Waals surface area contributed by atoms with Gasteiger partial charge in [0.05, 0.1) is 17.1 Å². The Labute approximate surface area is 317 Å². The van der Waals surface area contributed by atoms with Gasteiger partial charge in [-0.2, -0.15) is 0 Å². The molecular weight excluding hydrogens is 655 g/mol. The molecule has 0 fully saturated rings. The van der Waals surface area contributed by atoms with Crippen molar-refractivity contribution < 1.29 is 0 Å². The van der Waals surface area contributed by atoms with Gasteiger partial charge in [0.25, 0.3) is 0 Å². The standard InChI is InChI=1S/C51H41N3/c1-2-37(50(42-19-11-5-12-20-42)54-51(52)43-21-13-6-14-22-43)31-36-23-25-39(26-24-36)44-29-27-40-28-30-45(33-46(40)32-44)49-35-47(38-15-7-3-8-16-38)34-48(53-49)41-17-9-4-10-18-41/h3-30,32-35,37,52H,2,31H2,1H3. The maximum absolute atomic E-state index is 8.80. The average Bonchev–Trinajstić information content (AvgIpc) is 3.25. The molecule has 0 saturated heterocycles. The van der Waals surface area contributed by atoms with Gasteiger partial charge < -0.3 is 0 Å². The summed E-state index contributed by atoms with van der Waals surface area (Å²) in [5, 5.41) is 11.2. The maximum Gasteiger partial charge on any atom is 0.152 e. The van der Waals surface area contributed by atoms with Gasteiger partial charge in [0.1, 0.15) is 0 Å². The number of rotatable bonds is 10. The number of fused-ring (bicyclic) bond motifs is 1. The second-order valence-corrected chi connectivity index (χ2v) is 13.7. The summed E-state index contributed by atoms with van der Waals surface area (Å²) in [4.78, 5) is 10.1. The van der Waals surface area contributed by atoms with Gasteiger partial charge in [-0.3, -0.25) is 5.41 Å². The zero-order chi connectivity index (χ0) is 36.7. The van der Waals surface area contributed by atoms with Crippen LogP contribution in [0.25, 0.3) is 55.5 Å². The van der Waals surface area contributed by atoms with Crippen LogP contribution < -0.4 is 0 Å². The molecule has 1 aromatic heterocycles. The molecule has 8 rings (SSSR count). The minimum atomic E-state index is 0.165. The molecule has 0 bridgehead atoms. The van der Waals surface area contributed by atoms with Gasteiger partial charge in [-0.15, -0.1) is 0 Å². The van der Waals surface area contributed by atoms with Crippen molar-refractivity contribution >= 4 is 22.3 Å². The Morgan fingerprint density at radius 3 is 1.61 bits per heavy atom. The maximum atomic E-state index is 8.80. The third-order valence-corrected chi connectivity index (χ3v) is 10.1. The quantitative estimate of drug-likeness (QED) is 0.112. The second-order valence-electron chi connectivity index (χ2n) is 13.7. The fourth-order valence-corrected chi connectivity index (χ4v) is 7.15. The highest BCUT2D eigenvalue weighted by molar-refractivity contribution is 6.12. The SMILES string of the molecule is CCC(Cc1ccc(-c2ccc3ccc(-c4cc(-c5ccccc5)cc(-c5ccccc5)n4)cc3c2)cc1)C(=NC(=N)c1ccccc1)c1ccccc1. The van der Waals surface area contributed by atoms with Gasteiger partial charge in [-0.1, -0.05) is 177 Å². The fourth-order valence-electron chi connectivity index (χ4n) is 7.15. The molecule has 260 valence electrons. The summed E-state index contributed by atoms with van der Waals surface area (Å²) in [6, 6.07) is 67.7. The number of hydrogen-bond acceptors (Lipinski definition) is 2. The highest BCUT2D eigenvalue weighted by Gasteiger charge is 2.19. The van der Waals surface area contributed by atoms with Crippen LogP contribution in [0.1, 0.15) is 30.0 Å². The van der Waals surface area contributed by atoms with E-state index in [1.165, 1.54) is 33.0 Å². The van der Waals surface area contributed by atoms with Crippen molar-refractivity contribution in [3.63, 3.8) is 0 Å². The Bertz CT molecular complexity index is 2480. The first-order chi connectivity index (χ1) is 26.6. The van der Waals surface area contributed by atoms with Crippen LogP contribution in [0.3, 0.4) is 0 Å². The third-order valence-electron chi connectivity index (χ3n) is 10.1. The fraction of sp³-hybridized carbons (Fsp3) is 0.0784. The monoisotopic (exact) mass is 695 g/mol. The van der Waals surface area contributed by atoms with E-state index in [1.807, 2.05) is 54.6 Å². The van der Waals surface area contributed by atoms with Crippen LogP contribution in [0, 0.1) is 11.3 Å². The molecule has 1 N–H and O–H groups in total. The summed E-state index contributed by atoms with van der Waals surface area (Å²) in [6.07, 6.45) is 1.76. The van der Waals surface area contributed by atoms with Crippen LogP contribution in [0.2, 0.25) is 0 Å². The second kappa shape index (κ2) is 15.9. The highest BCUT2D eigenvalue weighted by Crippen LogP contribution is 2.33. The van der Waals surface area contributed by atoms with E-state index in [4.69, 9.17) is 15.4 Å². The molecule has 0 aliphatic carbocycles. The molecule has 8 aromatic rings. The number of nitrogens with zero attached hydrogens (tertiary/aromatic N) is 2. The smallest absolute Gasteiger partial charge is 0.152 e. The first-order valence-corrected chi connectivity index (χ1v) is 18.7. The van der Waals surface area contributed by atoms with E-state index in [2.05, 4.69) is 146 Å². The Balaban J connectivity index is 1.08. The van der Waals surface area contributed by atoms with Crippen molar-refractivity contribution in [2.45, 2.75) is 19.8 Å². The number of nitrogens with one attached hydrogen (secondary N) is 1. The van der Waals surface area contributed by atoms with Crippen molar-refractivity contribution in [2.24, 2.45) is 10.9 Å². The minimum Gasteiger partial charge on any atom is -0.282 e. The lowest BCUT2D eigenvalue weighted by molar-refractivity contribution is 0.663. The van der Waals surface area contributed by atoms with Gasteiger partial charge in [0, 0.05) is 22.6 Å². The van der Waals surface area contributed by atoms with Crippen molar-refractivity contribution in [3.05, 3.63) is 211 Å². The molecule has 1 heterocycles. The van der Waals surface area contributed by atoms with E-state index >= 15 is 0 Å². The molecule has 7 aromatic carbocycles. The van der Waals surface area contributed by atoms with E-state index in [-0.39, 0.29) is 5.92 Å². The molecule has 0 amide bonds. The molecular formula is C51H41N3. The highest BCUT2D eigenvalue weighted by atomic mass is 14.8. The van der Waals surface area contributed by atoms with Gasteiger partial charge in [-0.05, 0) is 81.3 Å². The lowest BCUT2D eigenvalue weighted by Crippen LogP contribution is -2.20. The van der Waals surface area contributed by atoms with Crippen LogP contribution in [0.5, 0.6) is 0 Å². The minimum absolute atomic E-state index is 0.165. The Kier molecular flexibility index (Phi) is 10.1. The average molecular weight is 696 g/mol. The van der Waals surface area contributed by atoms with Crippen molar-refractivity contribution in [2.75, 3.05) is 0 Å². The number of hydrogen-bond donors (Lipinski definition) is 1. The predicted molar refractivity (Wildman–Crippen MR) is 227 cm³/mol. The Morgan fingerprint density at radius 1 is 0.481 bits per heavy atom. The van der Waals surface area contributed by atoms with Gasteiger partial charge in [-0.25, -0.2) is 9.98 Å². The summed E-state index contributed by atoms with van der Waals surface area (Å²) >= 11 is 0. The molecule has 0 aliphatic rings. The normalized spacial score (nSPS) is 12.1. The number of aliphatic imine (C=N–C) groups is 1. The van der Waals surface area contributed by atoms with Crippen molar-refractivity contribution in [1.29, 1.82) is 5.41 Å². The number of benzene rings is 7. The Morgan fingerprint density at radius 2 is 0.981 bits per heavy atom. The van der Waals surface area contributed by atoms with E-state index in [0.717, 1.165) is 57.8 Å². The van der Waals surface area contributed by atoms with Crippen LogP contribution in [-0.4, -0.2) is 16.5 Å². The number of pyridine rings is 1. The lowest BCUT2D eigenvalue weighted by atomic mass is 9.87. The molecule has 1 atom stereocenters. The van der Waals surface area contributed by atoms with Crippen LogP contribution in [0.15, 0.2) is 199 Å². The van der Waals surface area contributed by atoms with E-state index in [0.29, 0.717) is 5.84 Å². The summed E-state index contributed by atoms with van der Waals surface area (Å²) in [5.74, 6) is 0.455. The lowest BCUT2D eigenvalue weighted by Gasteiger charge is -2.19. The zero-order valence-electron chi connectivity index (χ0n) is 30.4. The van der Waals surface area contributed by atoms with Crippen molar-refractivity contribution in [1.82, 2.24) is 4.98 Å². The van der Waals surface area contributed by atoms with Crippen LogP contribution in [-0.2, 0) is 6.42 Å². The van der Waals surface area contributed by atoms with Gasteiger partial charge >= 0.3 is 0 Å². The molecule has 0 radical (unpaired) electrons. The van der Waals surface area contributed by atoms with E-state index in [1.54, 1.807) is 0 Å². The summed E-state index contributed by atoms with van der Waals surface area (Å²) in [6.45, 7) is 2.21. The molecule has 0 saturated carbocycles. The number of amidine groups is 1. The van der Waals surface area contributed by atoms with Gasteiger partial charge in [0.15, 0.2) is 5.84 Å². The van der Waals surface area contributed by atoms with Crippen LogP contribution in [0.4, 0.5) is 0 Å². The summed E-state index contributed by atoms with van der Waals surface area (Å²) in [7, 11) is 0. The van der Waals surface area contributed by atoms with Gasteiger partial charge in [0.2, 0.25) is 0 Å². The van der Waals surface area contributed by atoms with Crippen molar-refractivity contribution in [3.8, 4) is 44.8 Å².